The average molecular weight is 370 g/mol. The summed E-state index contributed by atoms with van der Waals surface area (Å²) in [6.07, 6.45) is 14.7. The normalized spacial score (nSPS) is 12.4. The van der Waals surface area contributed by atoms with Crippen molar-refractivity contribution in [3.05, 3.63) is 122 Å². The highest BCUT2D eigenvalue weighted by Gasteiger charge is 2.02. The maximum absolute atomic E-state index is 5.85. The van der Waals surface area contributed by atoms with E-state index in [2.05, 4.69) is 13.2 Å². The van der Waals surface area contributed by atoms with E-state index < -0.39 is 0 Å². The van der Waals surface area contributed by atoms with E-state index in [1.807, 2.05) is 98.8 Å². The van der Waals surface area contributed by atoms with Gasteiger partial charge in [0, 0.05) is 0 Å². The first-order valence-electron chi connectivity index (χ1n) is 9.17. The molecule has 2 aromatic carbocycles. The van der Waals surface area contributed by atoms with E-state index in [-0.39, 0.29) is 0 Å². The molecular formula is C26H26O2. The molecule has 0 heterocycles. The zero-order chi connectivity index (χ0) is 20.2. The van der Waals surface area contributed by atoms with Crippen LogP contribution in [0.1, 0.15) is 13.8 Å². The third-order valence-electron chi connectivity index (χ3n) is 3.88. The maximum atomic E-state index is 5.85. The molecule has 0 aromatic heterocycles. The minimum atomic E-state index is 0.777. The molecule has 28 heavy (non-hydrogen) atoms. The van der Waals surface area contributed by atoms with Crippen LogP contribution in [0.4, 0.5) is 0 Å². The fourth-order valence-electron chi connectivity index (χ4n) is 2.41. The molecule has 2 aromatic rings. The third-order valence-corrected chi connectivity index (χ3v) is 3.88. The highest BCUT2D eigenvalue weighted by molar-refractivity contribution is 5.65. The Kier molecular flexibility index (Phi) is 8.35. The van der Waals surface area contributed by atoms with Gasteiger partial charge >= 0.3 is 0 Å². The van der Waals surface area contributed by atoms with E-state index in [9.17, 15) is 0 Å². The number of hydrogen-bond acceptors (Lipinski definition) is 2. The fourth-order valence-corrected chi connectivity index (χ4v) is 2.41. The maximum Gasteiger partial charge on any atom is 0.127 e. The van der Waals surface area contributed by atoms with Crippen LogP contribution < -0.4 is 9.47 Å². The summed E-state index contributed by atoms with van der Waals surface area (Å²) in [5.74, 6) is 3.13. The molecule has 0 spiro atoms. The Balaban J connectivity index is 2.07. The molecule has 2 rings (SSSR count). The minimum absolute atomic E-state index is 0.777. The van der Waals surface area contributed by atoms with E-state index in [0.29, 0.717) is 0 Å². The van der Waals surface area contributed by atoms with Gasteiger partial charge in [-0.25, -0.2) is 0 Å². The molecule has 0 radical (unpaired) electrons. The number of hydrogen-bond donors (Lipinski definition) is 0. The molecule has 142 valence electrons. The monoisotopic (exact) mass is 370 g/mol. The van der Waals surface area contributed by atoms with Crippen LogP contribution in [0.25, 0.3) is 11.1 Å². The Labute approximate surface area is 168 Å². The summed E-state index contributed by atoms with van der Waals surface area (Å²) >= 11 is 0. The molecule has 0 fully saturated rings. The Bertz CT molecular complexity index is 815. The van der Waals surface area contributed by atoms with Gasteiger partial charge in [-0.15, -0.1) is 0 Å². The molecule has 0 aliphatic rings. The van der Waals surface area contributed by atoms with Crippen molar-refractivity contribution in [1.29, 1.82) is 0 Å². The van der Waals surface area contributed by atoms with Crippen LogP contribution in [0.15, 0.2) is 122 Å². The lowest BCUT2D eigenvalue weighted by molar-refractivity contribution is 0.443. The van der Waals surface area contributed by atoms with Gasteiger partial charge in [-0.3, -0.25) is 0 Å². The van der Waals surface area contributed by atoms with Crippen LogP contribution in [0.2, 0.25) is 0 Å². The SMILES string of the molecule is C=C/C=C\C(=C/C)Oc1ccc(-c2ccc(OC(/C=C\C=C)=C/C)cc2)cc1. The smallest absolute Gasteiger partial charge is 0.127 e. The van der Waals surface area contributed by atoms with Gasteiger partial charge in [-0.1, -0.05) is 61.7 Å². The molecule has 0 atom stereocenters. The van der Waals surface area contributed by atoms with E-state index >= 15 is 0 Å². The third kappa shape index (κ3) is 6.33. The summed E-state index contributed by atoms with van der Waals surface area (Å²) in [6.45, 7) is 11.2. The number of allylic oxidation sites excluding steroid dienone is 8. The molecule has 0 unspecified atom stereocenters. The van der Waals surface area contributed by atoms with Gasteiger partial charge in [-0.05, 0) is 73.5 Å². The topological polar surface area (TPSA) is 18.5 Å². The molecule has 0 aliphatic carbocycles. The van der Waals surface area contributed by atoms with Crippen LogP contribution in [0, 0.1) is 0 Å². The van der Waals surface area contributed by atoms with E-state index in [0.717, 1.165) is 34.1 Å². The molecule has 2 heteroatoms. The van der Waals surface area contributed by atoms with Gasteiger partial charge in [0.1, 0.15) is 23.0 Å². The Morgan fingerprint density at radius 3 is 1.29 bits per heavy atom. The number of benzene rings is 2. The number of ether oxygens (including phenoxy) is 2. The fraction of sp³-hybridized carbons (Fsp3) is 0.0769. The molecule has 0 saturated carbocycles. The second-order valence-corrected chi connectivity index (χ2v) is 5.82. The largest absolute Gasteiger partial charge is 0.458 e. The lowest BCUT2D eigenvalue weighted by Gasteiger charge is -2.09. The van der Waals surface area contributed by atoms with Crippen molar-refractivity contribution < 1.29 is 9.47 Å². The van der Waals surface area contributed by atoms with Crippen LogP contribution >= 0.6 is 0 Å². The molecule has 2 nitrogen and oxygen atoms in total. The first-order valence-corrected chi connectivity index (χ1v) is 9.17. The predicted octanol–water partition coefficient (Wildman–Crippen LogP) is 7.40. The zero-order valence-corrected chi connectivity index (χ0v) is 16.5. The Morgan fingerprint density at radius 1 is 0.643 bits per heavy atom. The molecule has 0 N–H and O–H groups in total. The van der Waals surface area contributed by atoms with Crippen LogP contribution in [0.5, 0.6) is 11.5 Å². The summed E-state index contributed by atoms with van der Waals surface area (Å²) in [6, 6.07) is 16.0. The highest BCUT2D eigenvalue weighted by Crippen LogP contribution is 2.26. The van der Waals surface area contributed by atoms with Gasteiger partial charge in [0.25, 0.3) is 0 Å². The van der Waals surface area contributed by atoms with Gasteiger partial charge < -0.3 is 9.47 Å². The molecule has 0 amide bonds. The predicted molar refractivity (Wildman–Crippen MR) is 119 cm³/mol. The summed E-state index contributed by atoms with van der Waals surface area (Å²) in [5, 5.41) is 0. The van der Waals surface area contributed by atoms with Gasteiger partial charge in [0.2, 0.25) is 0 Å². The van der Waals surface area contributed by atoms with Gasteiger partial charge in [0.15, 0.2) is 0 Å². The van der Waals surface area contributed by atoms with Crippen LogP contribution in [-0.4, -0.2) is 0 Å². The first-order chi connectivity index (χ1) is 13.7. The molecular weight excluding hydrogens is 344 g/mol. The van der Waals surface area contributed by atoms with Crippen molar-refractivity contribution in [1.82, 2.24) is 0 Å². The lowest BCUT2D eigenvalue weighted by atomic mass is 10.1. The van der Waals surface area contributed by atoms with Crippen molar-refractivity contribution in [2.45, 2.75) is 13.8 Å². The molecule has 0 saturated heterocycles. The summed E-state index contributed by atoms with van der Waals surface area (Å²) in [4.78, 5) is 0. The molecule has 0 bridgehead atoms. The van der Waals surface area contributed by atoms with E-state index in [1.165, 1.54) is 0 Å². The quantitative estimate of drug-likeness (QED) is 0.338. The van der Waals surface area contributed by atoms with E-state index in [1.54, 1.807) is 12.2 Å². The first kappa shape index (κ1) is 20.8. The second kappa shape index (κ2) is 11.2. The minimum Gasteiger partial charge on any atom is -0.458 e. The standard InChI is InChI=1S/C26H26O2/c1-5-9-11-23(7-3)27-25-17-13-21(14-18-25)22-15-19-26(20-16-22)28-24(8-4)12-10-6-2/h5-20H,1-2H2,3-4H3/b11-9-,12-10-,23-7+,24-8+. The van der Waals surface area contributed by atoms with Gasteiger partial charge in [-0.2, -0.15) is 0 Å². The van der Waals surface area contributed by atoms with E-state index in [4.69, 9.17) is 9.47 Å². The molecule has 0 aliphatic heterocycles. The van der Waals surface area contributed by atoms with Crippen LogP contribution in [-0.2, 0) is 0 Å². The Morgan fingerprint density at radius 2 is 1.00 bits per heavy atom. The summed E-state index contributed by atoms with van der Waals surface area (Å²) in [7, 11) is 0. The Hall–Kier alpha value is -3.52. The van der Waals surface area contributed by atoms with Crippen molar-refractivity contribution in [2.75, 3.05) is 0 Å². The summed E-state index contributed by atoms with van der Waals surface area (Å²) < 4.78 is 11.7. The lowest BCUT2D eigenvalue weighted by Crippen LogP contribution is -1.92. The van der Waals surface area contributed by atoms with Crippen molar-refractivity contribution in [2.24, 2.45) is 0 Å². The second-order valence-electron chi connectivity index (χ2n) is 5.82. The highest BCUT2D eigenvalue weighted by atomic mass is 16.5. The van der Waals surface area contributed by atoms with Crippen molar-refractivity contribution in [3.63, 3.8) is 0 Å². The van der Waals surface area contributed by atoms with Crippen molar-refractivity contribution >= 4 is 0 Å². The van der Waals surface area contributed by atoms with Gasteiger partial charge in [0.05, 0.1) is 0 Å². The number of rotatable bonds is 9. The van der Waals surface area contributed by atoms with Crippen molar-refractivity contribution in [3.8, 4) is 22.6 Å². The summed E-state index contributed by atoms with van der Waals surface area (Å²) in [5.41, 5.74) is 2.22. The zero-order valence-electron chi connectivity index (χ0n) is 16.5. The average Bonchev–Trinajstić information content (AvgIpc) is 2.75. The van der Waals surface area contributed by atoms with Crippen LogP contribution in [0.3, 0.4) is 0 Å².